The van der Waals surface area contributed by atoms with Gasteiger partial charge in [0.05, 0.1) is 46.6 Å². The number of anilines is 2. The van der Waals surface area contributed by atoms with E-state index in [-0.39, 0.29) is 0 Å². The summed E-state index contributed by atoms with van der Waals surface area (Å²) < 4.78 is 22.6. The summed E-state index contributed by atoms with van der Waals surface area (Å²) in [5.41, 5.74) is 1.68. The normalized spacial score (nSPS) is 14.0. The molecule has 1 aliphatic rings. The van der Waals surface area contributed by atoms with Gasteiger partial charge in [0.2, 0.25) is 0 Å². The van der Waals surface area contributed by atoms with E-state index >= 15 is 0 Å². The number of terminal acetylenes is 1. The highest BCUT2D eigenvalue weighted by molar-refractivity contribution is 6.38. The van der Waals surface area contributed by atoms with Gasteiger partial charge in [0, 0.05) is 38.2 Å². The molecular weight excluding hydrogens is 491 g/mol. The van der Waals surface area contributed by atoms with Crippen molar-refractivity contribution in [3.63, 3.8) is 0 Å². The Hall–Kier alpha value is -2.80. The lowest BCUT2D eigenvalue weighted by molar-refractivity contribution is 0.0320. The van der Waals surface area contributed by atoms with Gasteiger partial charge in [-0.1, -0.05) is 29.1 Å². The number of fused-ring (bicyclic) bond motifs is 1. The molecule has 0 saturated carbocycles. The third kappa shape index (κ3) is 6.26. The van der Waals surface area contributed by atoms with Crippen LogP contribution in [0.5, 0.6) is 11.5 Å². The molecule has 3 aromatic rings. The van der Waals surface area contributed by atoms with E-state index < -0.39 is 0 Å². The van der Waals surface area contributed by atoms with Crippen LogP contribution in [-0.2, 0) is 9.47 Å². The number of morpholine rings is 1. The molecule has 1 aliphatic heterocycles. The highest BCUT2D eigenvalue weighted by atomic mass is 35.5. The van der Waals surface area contributed by atoms with E-state index in [9.17, 15) is 0 Å². The number of nitrogens with one attached hydrogen (secondary N) is 1. The van der Waals surface area contributed by atoms with Gasteiger partial charge in [-0.2, -0.15) is 0 Å². The lowest BCUT2D eigenvalue weighted by Crippen LogP contribution is -2.38. The fourth-order valence-electron chi connectivity index (χ4n) is 3.64. The Morgan fingerprint density at radius 2 is 1.86 bits per heavy atom. The third-order valence-corrected chi connectivity index (χ3v) is 6.21. The molecule has 35 heavy (non-hydrogen) atoms. The number of hydrogen-bond acceptors (Lipinski definition) is 8. The van der Waals surface area contributed by atoms with Gasteiger partial charge in [-0.15, -0.1) is 6.42 Å². The molecule has 4 rings (SSSR count). The molecule has 1 fully saturated rings. The molecule has 184 valence electrons. The van der Waals surface area contributed by atoms with E-state index in [2.05, 4.69) is 26.1 Å². The van der Waals surface area contributed by atoms with Crippen LogP contribution in [0.4, 0.5) is 11.5 Å². The maximum absolute atomic E-state index is 6.48. The van der Waals surface area contributed by atoms with E-state index in [4.69, 9.17) is 48.6 Å². The van der Waals surface area contributed by atoms with Crippen molar-refractivity contribution in [2.45, 2.75) is 0 Å². The number of rotatable bonds is 10. The average molecular weight is 517 g/mol. The number of nitrogens with zero attached hydrogens (tertiary/aromatic N) is 3. The van der Waals surface area contributed by atoms with E-state index in [1.807, 2.05) is 12.1 Å². The second-order valence-electron chi connectivity index (χ2n) is 7.74. The zero-order chi connectivity index (χ0) is 24.6. The minimum atomic E-state index is 0.341. The number of ether oxygens (including phenoxy) is 4. The van der Waals surface area contributed by atoms with E-state index in [0.29, 0.717) is 64.0 Å². The molecule has 1 aromatic heterocycles. The molecule has 0 unspecified atom stereocenters. The molecule has 0 bridgehead atoms. The van der Waals surface area contributed by atoms with Gasteiger partial charge in [0.1, 0.15) is 25.4 Å². The summed E-state index contributed by atoms with van der Waals surface area (Å²) in [6.45, 7) is 5.37. The highest BCUT2D eigenvalue weighted by Crippen LogP contribution is 2.37. The van der Waals surface area contributed by atoms with E-state index in [0.717, 1.165) is 38.2 Å². The van der Waals surface area contributed by atoms with Crippen molar-refractivity contribution in [1.82, 2.24) is 14.9 Å². The fourth-order valence-corrected chi connectivity index (χ4v) is 4.17. The van der Waals surface area contributed by atoms with Gasteiger partial charge in [-0.3, -0.25) is 4.90 Å². The summed E-state index contributed by atoms with van der Waals surface area (Å²) in [4.78, 5) is 11.1. The van der Waals surface area contributed by atoms with Crippen molar-refractivity contribution in [3.8, 4) is 23.8 Å². The number of methoxy groups -OCH3 is 1. The van der Waals surface area contributed by atoms with Crippen LogP contribution < -0.4 is 14.8 Å². The minimum absolute atomic E-state index is 0.341. The second kappa shape index (κ2) is 12.2. The maximum atomic E-state index is 6.48. The molecule has 0 atom stereocenters. The van der Waals surface area contributed by atoms with Crippen LogP contribution in [0.2, 0.25) is 10.0 Å². The van der Waals surface area contributed by atoms with Gasteiger partial charge < -0.3 is 24.3 Å². The highest BCUT2D eigenvalue weighted by Gasteiger charge is 2.16. The lowest BCUT2D eigenvalue weighted by atomic mass is 10.1. The first kappa shape index (κ1) is 25.3. The van der Waals surface area contributed by atoms with Crippen molar-refractivity contribution in [2.24, 2.45) is 0 Å². The summed E-state index contributed by atoms with van der Waals surface area (Å²) >= 11 is 12.6. The Morgan fingerprint density at radius 3 is 2.63 bits per heavy atom. The predicted octanol–water partition coefficient (Wildman–Crippen LogP) is 4.40. The van der Waals surface area contributed by atoms with Crippen LogP contribution in [-0.4, -0.2) is 74.6 Å². The summed E-state index contributed by atoms with van der Waals surface area (Å²) in [5.74, 6) is 4.24. The van der Waals surface area contributed by atoms with Gasteiger partial charge in [-0.25, -0.2) is 9.97 Å². The molecule has 1 N–H and O–H groups in total. The van der Waals surface area contributed by atoms with Crippen LogP contribution in [0.1, 0.15) is 5.56 Å². The SMILES string of the molecule is C#Cc1c(Cl)ccc(Nc2ncnc3cc(OCCOC)c(OCCN4CCOCC4)cc23)c1Cl. The van der Waals surface area contributed by atoms with Crippen LogP contribution in [0, 0.1) is 12.3 Å². The molecule has 0 radical (unpaired) electrons. The van der Waals surface area contributed by atoms with Crippen molar-refractivity contribution < 1.29 is 18.9 Å². The van der Waals surface area contributed by atoms with Crippen LogP contribution in [0.25, 0.3) is 10.9 Å². The van der Waals surface area contributed by atoms with Crippen molar-refractivity contribution in [2.75, 3.05) is 65.1 Å². The Balaban J connectivity index is 1.62. The quantitative estimate of drug-likeness (QED) is 0.313. The lowest BCUT2D eigenvalue weighted by Gasteiger charge is -2.26. The second-order valence-corrected chi connectivity index (χ2v) is 8.52. The van der Waals surface area contributed by atoms with Crippen LogP contribution in [0.3, 0.4) is 0 Å². The summed E-state index contributed by atoms with van der Waals surface area (Å²) in [7, 11) is 1.63. The fraction of sp³-hybridized carbons (Fsp3) is 0.360. The van der Waals surface area contributed by atoms with Gasteiger partial charge in [0.25, 0.3) is 0 Å². The Bertz CT molecular complexity index is 1210. The van der Waals surface area contributed by atoms with Crippen molar-refractivity contribution >= 4 is 45.6 Å². The van der Waals surface area contributed by atoms with Gasteiger partial charge in [0.15, 0.2) is 11.5 Å². The zero-order valence-electron chi connectivity index (χ0n) is 19.4. The molecule has 0 spiro atoms. The van der Waals surface area contributed by atoms with Crippen LogP contribution in [0.15, 0.2) is 30.6 Å². The smallest absolute Gasteiger partial charge is 0.163 e. The summed E-state index contributed by atoms with van der Waals surface area (Å²) in [5, 5.41) is 4.73. The number of benzene rings is 2. The number of halogens is 2. The van der Waals surface area contributed by atoms with Gasteiger partial charge in [-0.05, 0) is 18.2 Å². The standard InChI is InChI=1S/C25H26Cl2N4O4/c1-3-17-19(26)4-5-20(24(17)27)30-25-18-14-22(34-11-8-31-6-9-33-10-7-31)23(35-13-12-32-2)15-21(18)28-16-29-25/h1,4-5,14-16H,6-13H2,2H3,(H,28,29,30). The van der Waals surface area contributed by atoms with E-state index in [1.165, 1.54) is 6.33 Å². The van der Waals surface area contributed by atoms with E-state index in [1.54, 1.807) is 19.2 Å². The first-order valence-electron chi connectivity index (χ1n) is 11.2. The predicted molar refractivity (Wildman–Crippen MR) is 137 cm³/mol. The topological polar surface area (TPSA) is 78.0 Å². The summed E-state index contributed by atoms with van der Waals surface area (Å²) in [6, 6.07) is 7.14. The molecule has 2 aromatic carbocycles. The largest absolute Gasteiger partial charge is 0.488 e. The number of hydrogen-bond donors (Lipinski definition) is 1. The Labute approximate surface area is 214 Å². The Kier molecular flexibility index (Phi) is 8.85. The first-order valence-corrected chi connectivity index (χ1v) is 11.9. The summed E-state index contributed by atoms with van der Waals surface area (Å²) in [6.07, 6.45) is 7.04. The monoisotopic (exact) mass is 516 g/mol. The molecule has 0 aliphatic carbocycles. The molecular formula is C25H26Cl2N4O4. The first-order chi connectivity index (χ1) is 17.1. The van der Waals surface area contributed by atoms with Crippen molar-refractivity contribution in [3.05, 3.63) is 46.2 Å². The van der Waals surface area contributed by atoms with Crippen LogP contribution >= 0.6 is 23.2 Å². The van der Waals surface area contributed by atoms with Crippen molar-refractivity contribution in [1.29, 1.82) is 0 Å². The maximum Gasteiger partial charge on any atom is 0.163 e. The third-order valence-electron chi connectivity index (χ3n) is 5.50. The molecule has 10 heteroatoms. The Morgan fingerprint density at radius 1 is 1.09 bits per heavy atom. The molecule has 1 saturated heterocycles. The minimum Gasteiger partial charge on any atom is -0.488 e. The average Bonchev–Trinajstić information content (AvgIpc) is 2.87. The molecule has 0 amide bonds. The molecule has 8 nitrogen and oxygen atoms in total. The number of aromatic nitrogens is 2. The molecule has 2 heterocycles. The van der Waals surface area contributed by atoms with Gasteiger partial charge >= 0.3 is 0 Å². The zero-order valence-corrected chi connectivity index (χ0v) is 20.9.